The van der Waals surface area contributed by atoms with Crippen LogP contribution in [0.25, 0.3) is 10.6 Å². The minimum absolute atomic E-state index is 0.142. The van der Waals surface area contributed by atoms with Gasteiger partial charge in [0.05, 0.1) is 12.1 Å². The van der Waals surface area contributed by atoms with E-state index in [1.54, 1.807) is 12.1 Å². The Balaban J connectivity index is 1.57. The Morgan fingerprint density at radius 1 is 1.09 bits per heavy atom. The van der Waals surface area contributed by atoms with E-state index in [4.69, 9.17) is 4.74 Å². The average Bonchev–Trinajstić information content (AvgIpc) is 3.04. The monoisotopic (exact) mass is 327 g/mol. The molecule has 5 heteroatoms. The summed E-state index contributed by atoms with van der Waals surface area (Å²) in [6, 6.07) is 15.6. The van der Waals surface area contributed by atoms with E-state index < -0.39 is 0 Å². The number of esters is 1. The fourth-order valence-electron chi connectivity index (χ4n) is 2.07. The molecule has 0 saturated carbocycles. The van der Waals surface area contributed by atoms with Gasteiger partial charge in [0.1, 0.15) is 17.4 Å². The van der Waals surface area contributed by atoms with E-state index in [0.717, 1.165) is 16.1 Å². The van der Waals surface area contributed by atoms with Gasteiger partial charge in [0.15, 0.2) is 0 Å². The van der Waals surface area contributed by atoms with Gasteiger partial charge in [-0.05, 0) is 29.8 Å². The van der Waals surface area contributed by atoms with E-state index in [0.29, 0.717) is 5.69 Å². The first-order valence-corrected chi connectivity index (χ1v) is 7.98. The molecule has 1 aromatic heterocycles. The van der Waals surface area contributed by atoms with Crippen molar-refractivity contribution in [2.24, 2.45) is 0 Å². The Bertz CT molecular complexity index is 784. The topological polar surface area (TPSA) is 39.2 Å². The number of nitrogens with zero attached hydrogens (tertiary/aromatic N) is 1. The fourth-order valence-corrected chi connectivity index (χ4v) is 2.88. The van der Waals surface area contributed by atoms with Crippen molar-refractivity contribution in [3.8, 4) is 10.6 Å². The largest absolute Gasteiger partial charge is 0.459 e. The third kappa shape index (κ3) is 4.23. The van der Waals surface area contributed by atoms with Crippen molar-refractivity contribution in [1.29, 1.82) is 0 Å². The number of rotatable bonds is 5. The molecule has 0 fully saturated rings. The first-order valence-electron chi connectivity index (χ1n) is 7.10. The lowest BCUT2D eigenvalue weighted by atomic mass is 10.2. The van der Waals surface area contributed by atoms with Gasteiger partial charge in [-0.2, -0.15) is 0 Å². The van der Waals surface area contributed by atoms with Crippen LogP contribution in [0.15, 0.2) is 60.0 Å². The van der Waals surface area contributed by atoms with Crippen LogP contribution in [0, 0.1) is 5.82 Å². The summed E-state index contributed by atoms with van der Waals surface area (Å²) in [5.74, 6) is -0.562. The Labute approximate surface area is 137 Å². The SMILES string of the molecule is O=C(Cc1ccccc1)OCc1csc(-c2ccc(F)cc2)n1. The van der Waals surface area contributed by atoms with Crippen molar-refractivity contribution in [3.05, 3.63) is 77.1 Å². The summed E-state index contributed by atoms with van der Waals surface area (Å²) in [5, 5.41) is 2.62. The highest BCUT2D eigenvalue weighted by molar-refractivity contribution is 7.13. The van der Waals surface area contributed by atoms with Crippen LogP contribution in [0.1, 0.15) is 11.3 Å². The van der Waals surface area contributed by atoms with E-state index in [1.165, 1.54) is 23.5 Å². The third-order valence-corrected chi connectivity index (χ3v) is 4.16. The zero-order valence-corrected chi connectivity index (χ0v) is 13.1. The molecule has 0 atom stereocenters. The fraction of sp³-hybridized carbons (Fsp3) is 0.111. The summed E-state index contributed by atoms with van der Waals surface area (Å²) in [6.45, 7) is 0.142. The smallest absolute Gasteiger partial charge is 0.310 e. The molecule has 3 nitrogen and oxygen atoms in total. The van der Waals surface area contributed by atoms with Crippen LogP contribution in [0.2, 0.25) is 0 Å². The first-order chi connectivity index (χ1) is 11.2. The van der Waals surface area contributed by atoms with Gasteiger partial charge in [-0.1, -0.05) is 30.3 Å². The van der Waals surface area contributed by atoms with E-state index in [9.17, 15) is 9.18 Å². The number of aromatic nitrogens is 1. The van der Waals surface area contributed by atoms with Gasteiger partial charge in [0.25, 0.3) is 0 Å². The van der Waals surface area contributed by atoms with Crippen molar-refractivity contribution in [3.63, 3.8) is 0 Å². The van der Waals surface area contributed by atoms with Gasteiger partial charge in [-0.3, -0.25) is 4.79 Å². The number of hydrogen-bond acceptors (Lipinski definition) is 4. The summed E-state index contributed by atoms with van der Waals surface area (Å²) in [6.07, 6.45) is 0.246. The lowest BCUT2D eigenvalue weighted by Gasteiger charge is -2.03. The number of carbonyl (C=O) groups excluding carboxylic acids is 1. The molecule has 116 valence electrons. The van der Waals surface area contributed by atoms with Crippen molar-refractivity contribution < 1.29 is 13.9 Å². The Kier molecular flexibility index (Phi) is 4.78. The van der Waals surface area contributed by atoms with Crippen LogP contribution < -0.4 is 0 Å². The third-order valence-electron chi connectivity index (χ3n) is 3.22. The predicted molar refractivity (Wildman–Crippen MR) is 87.5 cm³/mol. The summed E-state index contributed by atoms with van der Waals surface area (Å²) >= 11 is 1.44. The van der Waals surface area contributed by atoms with Crippen molar-refractivity contribution in [1.82, 2.24) is 4.98 Å². The maximum Gasteiger partial charge on any atom is 0.310 e. The maximum atomic E-state index is 12.9. The van der Waals surface area contributed by atoms with E-state index >= 15 is 0 Å². The molecule has 0 saturated heterocycles. The second kappa shape index (κ2) is 7.15. The quantitative estimate of drug-likeness (QED) is 0.658. The second-order valence-electron chi connectivity index (χ2n) is 4.97. The van der Waals surface area contributed by atoms with Crippen LogP contribution in [0.3, 0.4) is 0 Å². The molecule has 1 heterocycles. The molecule has 23 heavy (non-hydrogen) atoms. The first kappa shape index (κ1) is 15.4. The summed E-state index contributed by atoms with van der Waals surface area (Å²) in [5.41, 5.74) is 2.46. The Morgan fingerprint density at radius 3 is 2.57 bits per heavy atom. The lowest BCUT2D eigenvalue weighted by Crippen LogP contribution is -2.08. The minimum Gasteiger partial charge on any atom is -0.459 e. The molecule has 0 spiro atoms. The average molecular weight is 327 g/mol. The van der Waals surface area contributed by atoms with Crippen molar-refractivity contribution in [2.75, 3.05) is 0 Å². The molecule has 0 aliphatic carbocycles. The molecule has 0 aliphatic rings. The highest BCUT2D eigenvalue weighted by atomic mass is 32.1. The number of halogens is 1. The second-order valence-corrected chi connectivity index (χ2v) is 5.83. The number of ether oxygens (including phenoxy) is 1. The lowest BCUT2D eigenvalue weighted by molar-refractivity contribution is -0.144. The highest BCUT2D eigenvalue weighted by Gasteiger charge is 2.08. The summed E-state index contributed by atoms with van der Waals surface area (Å²) < 4.78 is 18.2. The van der Waals surface area contributed by atoms with Gasteiger partial charge in [0, 0.05) is 10.9 Å². The van der Waals surface area contributed by atoms with Crippen LogP contribution in [-0.2, 0) is 22.6 Å². The molecule has 3 aromatic rings. The van der Waals surface area contributed by atoms with Gasteiger partial charge in [-0.15, -0.1) is 11.3 Å². The van der Waals surface area contributed by atoms with E-state index in [1.807, 2.05) is 35.7 Å². The maximum absolute atomic E-state index is 12.9. The summed E-state index contributed by atoms with van der Waals surface area (Å²) in [7, 11) is 0. The molecule has 3 rings (SSSR count). The molecule has 0 bridgehead atoms. The Hall–Kier alpha value is -2.53. The molecule has 0 amide bonds. The standard InChI is InChI=1S/C18H14FNO2S/c19-15-8-6-14(7-9-15)18-20-16(12-23-18)11-22-17(21)10-13-4-2-1-3-5-13/h1-9,12H,10-11H2. The van der Waals surface area contributed by atoms with Gasteiger partial charge in [-0.25, -0.2) is 9.37 Å². The zero-order valence-electron chi connectivity index (χ0n) is 12.2. The van der Waals surface area contributed by atoms with Gasteiger partial charge in [0.2, 0.25) is 0 Å². The molecular weight excluding hydrogens is 313 g/mol. The number of carbonyl (C=O) groups is 1. The van der Waals surface area contributed by atoms with Crippen LogP contribution in [-0.4, -0.2) is 11.0 Å². The van der Waals surface area contributed by atoms with Crippen molar-refractivity contribution in [2.45, 2.75) is 13.0 Å². The van der Waals surface area contributed by atoms with Gasteiger partial charge < -0.3 is 4.74 Å². The molecule has 0 unspecified atom stereocenters. The predicted octanol–water partition coefficient (Wildman–Crippen LogP) is 4.24. The van der Waals surface area contributed by atoms with Crippen LogP contribution in [0.4, 0.5) is 4.39 Å². The van der Waals surface area contributed by atoms with Crippen molar-refractivity contribution >= 4 is 17.3 Å². The number of thiazole rings is 1. The molecule has 0 aliphatic heterocycles. The molecule has 0 N–H and O–H groups in total. The normalized spacial score (nSPS) is 10.5. The van der Waals surface area contributed by atoms with E-state index in [-0.39, 0.29) is 24.8 Å². The minimum atomic E-state index is -0.285. The van der Waals surface area contributed by atoms with Crippen LogP contribution >= 0.6 is 11.3 Å². The zero-order chi connectivity index (χ0) is 16.1. The van der Waals surface area contributed by atoms with Crippen LogP contribution in [0.5, 0.6) is 0 Å². The summed E-state index contributed by atoms with van der Waals surface area (Å²) in [4.78, 5) is 16.2. The number of hydrogen-bond donors (Lipinski definition) is 0. The molecular formula is C18H14FNO2S. The van der Waals surface area contributed by atoms with Gasteiger partial charge >= 0.3 is 5.97 Å². The molecule has 2 aromatic carbocycles. The Morgan fingerprint density at radius 2 is 1.83 bits per heavy atom. The van der Waals surface area contributed by atoms with E-state index in [2.05, 4.69) is 4.98 Å². The number of benzene rings is 2. The highest BCUT2D eigenvalue weighted by Crippen LogP contribution is 2.24. The molecule has 0 radical (unpaired) electrons.